The molecule has 0 bridgehead atoms. The van der Waals surface area contributed by atoms with Crippen molar-refractivity contribution in [3.8, 4) is 5.69 Å². The van der Waals surface area contributed by atoms with E-state index in [9.17, 15) is 0 Å². The van der Waals surface area contributed by atoms with Gasteiger partial charge in [0.25, 0.3) is 0 Å². The van der Waals surface area contributed by atoms with Gasteiger partial charge in [0.1, 0.15) is 0 Å². The van der Waals surface area contributed by atoms with Gasteiger partial charge >= 0.3 is 0 Å². The predicted octanol–water partition coefficient (Wildman–Crippen LogP) is 4.47. The Morgan fingerprint density at radius 2 is 1.65 bits per heavy atom. The van der Waals surface area contributed by atoms with Crippen LogP contribution in [0.5, 0.6) is 0 Å². The van der Waals surface area contributed by atoms with Gasteiger partial charge in [-0.05, 0) is 23.6 Å². The van der Waals surface area contributed by atoms with E-state index in [1.807, 2.05) is 41.1 Å². The standard InChI is InChI=1S/C22H27N3O/c1-17(2)22-19(16-25(24-22)20-12-8-5-9-13-20)14-23-15-21(26-3)18-10-6-4-7-11-18/h4-13,16-17,21,23H,14-15H2,1-3H3/t21-/m0/s1. The molecular weight excluding hydrogens is 322 g/mol. The summed E-state index contributed by atoms with van der Waals surface area (Å²) in [7, 11) is 1.76. The highest BCUT2D eigenvalue weighted by atomic mass is 16.5. The van der Waals surface area contributed by atoms with E-state index >= 15 is 0 Å². The zero-order chi connectivity index (χ0) is 18.4. The summed E-state index contributed by atoms with van der Waals surface area (Å²) in [6.07, 6.45) is 2.17. The van der Waals surface area contributed by atoms with Gasteiger partial charge in [0, 0.05) is 32.0 Å². The molecule has 0 aliphatic heterocycles. The van der Waals surface area contributed by atoms with Crippen LogP contribution in [0.4, 0.5) is 0 Å². The van der Waals surface area contributed by atoms with Crippen LogP contribution in [0.2, 0.25) is 0 Å². The molecule has 0 aliphatic carbocycles. The number of benzene rings is 2. The molecule has 2 aromatic carbocycles. The van der Waals surface area contributed by atoms with E-state index in [2.05, 4.69) is 49.6 Å². The highest BCUT2D eigenvalue weighted by Gasteiger charge is 2.14. The number of methoxy groups -OCH3 is 1. The average molecular weight is 349 g/mol. The monoisotopic (exact) mass is 349 g/mol. The Kier molecular flexibility index (Phi) is 6.21. The summed E-state index contributed by atoms with van der Waals surface area (Å²) in [5, 5.41) is 8.33. The number of rotatable bonds is 8. The Bertz CT molecular complexity index is 797. The lowest BCUT2D eigenvalue weighted by Crippen LogP contribution is -2.22. The van der Waals surface area contributed by atoms with E-state index in [-0.39, 0.29) is 6.10 Å². The van der Waals surface area contributed by atoms with Crippen LogP contribution in [-0.4, -0.2) is 23.4 Å². The third kappa shape index (κ3) is 4.40. The fourth-order valence-electron chi connectivity index (χ4n) is 3.10. The Hall–Kier alpha value is -2.43. The SMILES string of the molecule is CO[C@@H](CNCc1cn(-c2ccccc2)nc1C(C)C)c1ccccc1. The van der Waals surface area contributed by atoms with Crippen LogP contribution in [0.25, 0.3) is 5.69 Å². The Morgan fingerprint density at radius 1 is 1.00 bits per heavy atom. The third-order valence-corrected chi connectivity index (χ3v) is 4.49. The summed E-state index contributed by atoms with van der Waals surface area (Å²) >= 11 is 0. The molecule has 1 N–H and O–H groups in total. The highest BCUT2D eigenvalue weighted by Crippen LogP contribution is 2.21. The second-order valence-electron chi connectivity index (χ2n) is 6.74. The fourth-order valence-corrected chi connectivity index (χ4v) is 3.10. The van der Waals surface area contributed by atoms with E-state index in [0.29, 0.717) is 5.92 Å². The van der Waals surface area contributed by atoms with Gasteiger partial charge in [-0.25, -0.2) is 4.68 Å². The first kappa shape index (κ1) is 18.4. The second-order valence-corrected chi connectivity index (χ2v) is 6.74. The molecule has 3 rings (SSSR count). The van der Waals surface area contributed by atoms with Gasteiger partial charge in [-0.15, -0.1) is 0 Å². The largest absolute Gasteiger partial charge is 0.375 e. The molecule has 0 amide bonds. The summed E-state index contributed by atoms with van der Waals surface area (Å²) in [6.45, 7) is 5.90. The minimum absolute atomic E-state index is 0.0443. The molecule has 3 aromatic rings. The number of para-hydroxylation sites is 1. The lowest BCUT2D eigenvalue weighted by Gasteiger charge is -2.16. The first-order valence-electron chi connectivity index (χ1n) is 9.11. The molecule has 1 atom stereocenters. The van der Waals surface area contributed by atoms with Crippen LogP contribution in [0.3, 0.4) is 0 Å². The topological polar surface area (TPSA) is 39.1 Å². The van der Waals surface area contributed by atoms with Gasteiger partial charge in [-0.3, -0.25) is 0 Å². The number of ether oxygens (including phenoxy) is 1. The molecule has 0 fully saturated rings. The molecule has 26 heavy (non-hydrogen) atoms. The van der Waals surface area contributed by atoms with Gasteiger partial charge in [0.2, 0.25) is 0 Å². The van der Waals surface area contributed by atoms with Crippen molar-refractivity contribution in [2.75, 3.05) is 13.7 Å². The molecule has 1 heterocycles. The first-order chi connectivity index (χ1) is 12.7. The van der Waals surface area contributed by atoms with Crippen molar-refractivity contribution in [2.24, 2.45) is 0 Å². The summed E-state index contributed by atoms with van der Waals surface area (Å²) in [5.41, 5.74) is 4.63. The van der Waals surface area contributed by atoms with Crippen LogP contribution in [0.1, 0.15) is 42.7 Å². The van der Waals surface area contributed by atoms with Gasteiger partial charge in [0.15, 0.2) is 0 Å². The van der Waals surface area contributed by atoms with E-state index in [0.717, 1.165) is 24.5 Å². The fraction of sp³-hybridized carbons (Fsp3) is 0.318. The molecule has 4 nitrogen and oxygen atoms in total. The summed E-state index contributed by atoms with van der Waals surface area (Å²) in [4.78, 5) is 0. The molecular formula is C22H27N3O. The number of hydrogen-bond donors (Lipinski definition) is 1. The zero-order valence-electron chi connectivity index (χ0n) is 15.7. The van der Waals surface area contributed by atoms with Crippen LogP contribution in [0.15, 0.2) is 66.9 Å². The van der Waals surface area contributed by atoms with Crippen molar-refractivity contribution in [3.05, 3.63) is 83.7 Å². The number of aromatic nitrogens is 2. The lowest BCUT2D eigenvalue weighted by atomic mass is 10.1. The predicted molar refractivity (Wildman–Crippen MR) is 106 cm³/mol. The maximum Gasteiger partial charge on any atom is 0.0945 e. The molecule has 0 unspecified atom stereocenters. The minimum atomic E-state index is 0.0443. The summed E-state index contributed by atoms with van der Waals surface area (Å²) in [6, 6.07) is 20.6. The molecule has 0 spiro atoms. The van der Waals surface area contributed by atoms with Gasteiger partial charge in [0.05, 0.1) is 17.5 Å². The Labute approximate surface area is 155 Å². The van der Waals surface area contributed by atoms with Crippen molar-refractivity contribution < 1.29 is 4.74 Å². The first-order valence-corrected chi connectivity index (χ1v) is 9.11. The smallest absolute Gasteiger partial charge is 0.0945 e. The van der Waals surface area contributed by atoms with Gasteiger partial charge in [-0.2, -0.15) is 5.10 Å². The van der Waals surface area contributed by atoms with Crippen molar-refractivity contribution in [1.29, 1.82) is 0 Å². The van der Waals surface area contributed by atoms with Crippen molar-refractivity contribution in [3.63, 3.8) is 0 Å². The molecule has 0 saturated heterocycles. The van der Waals surface area contributed by atoms with Crippen molar-refractivity contribution >= 4 is 0 Å². The lowest BCUT2D eigenvalue weighted by molar-refractivity contribution is 0.102. The van der Waals surface area contributed by atoms with E-state index in [1.165, 1.54) is 11.1 Å². The molecule has 4 heteroatoms. The molecule has 0 saturated carbocycles. The summed E-state index contributed by atoms with van der Waals surface area (Å²) in [5.74, 6) is 0.379. The molecule has 0 aliphatic rings. The zero-order valence-corrected chi connectivity index (χ0v) is 15.7. The second kappa shape index (κ2) is 8.79. The van der Waals surface area contributed by atoms with Gasteiger partial charge in [-0.1, -0.05) is 62.4 Å². The molecule has 136 valence electrons. The summed E-state index contributed by atoms with van der Waals surface area (Å²) < 4.78 is 7.61. The van der Waals surface area contributed by atoms with Crippen LogP contribution < -0.4 is 5.32 Å². The van der Waals surface area contributed by atoms with E-state index in [4.69, 9.17) is 9.84 Å². The molecule has 1 aromatic heterocycles. The number of nitrogens with zero attached hydrogens (tertiary/aromatic N) is 2. The highest BCUT2D eigenvalue weighted by molar-refractivity contribution is 5.33. The number of hydrogen-bond acceptors (Lipinski definition) is 3. The average Bonchev–Trinajstić information content (AvgIpc) is 3.11. The normalized spacial score (nSPS) is 12.5. The number of nitrogens with one attached hydrogen (secondary N) is 1. The molecule has 0 radical (unpaired) electrons. The minimum Gasteiger partial charge on any atom is -0.375 e. The van der Waals surface area contributed by atoms with Crippen LogP contribution in [0, 0.1) is 0 Å². The Balaban J connectivity index is 1.70. The Morgan fingerprint density at radius 3 is 2.27 bits per heavy atom. The van der Waals surface area contributed by atoms with Crippen molar-refractivity contribution in [2.45, 2.75) is 32.4 Å². The van der Waals surface area contributed by atoms with Crippen LogP contribution >= 0.6 is 0 Å². The van der Waals surface area contributed by atoms with E-state index in [1.54, 1.807) is 7.11 Å². The maximum absolute atomic E-state index is 5.64. The van der Waals surface area contributed by atoms with E-state index < -0.39 is 0 Å². The van der Waals surface area contributed by atoms with Crippen LogP contribution in [-0.2, 0) is 11.3 Å². The third-order valence-electron chi connectivity index (χ3n) is 4.49. The quantitative estimate of drug-likeness (QED) is 0.652. The van der Waals surface area contributed by atoms with Crippen molar-refractivity contribution in [1.82, 2.24) is 15.1 Å². The van der Waals surface area contributed by atoms with Gasteiger partial charge < -0.3 is 10.1 Å². The maximum atomic E-state index is 5.64.